The number of carbonyl (C=O) groups is 2. The fraction of sp³-hybridized carbons (Fsp3) is 0.222. The van der Waals surface area contributed by atoms with Crippen LogP contribution in [0.15, 0.2) is 53.4 Å². The maximum Gasteiger partial charge on any atom is 0.250 e. The second-order valence-electron chi connectivity index (χ2n) is 6.16. The van der Waals surface area contributed by atoms with E-state index in [1.165, 1.54) is 18.2 Å². The summed E-state index contributed by atoms with van der Waals surface area (Å²) in [5, 5.41) is 7.77. The molecule has 0 aliphatic carbocycles. The minimum Gasteiger partial charge on any atom is -0.366 e. The van der Waals surface area contributed by atoms with Crippen molar-refractivity contribution in [3.8, 4) is 0 Å². The van der Waals surface area contributed by atoms with Crippen molar-refractivity contribution in [2.24, 2.45) is 10.9 Å². The lowest BCUT2D eigenvalue weighted by Crippen LogP contribution is -2.32. The highest BCUT2D eigenvalue weighted by atomic mass is 32.2. The van der Waals surface area contributed by atoms with Gasteiger partial charge in [0.2, 0.25) is 15.9 Å². The van der Waals surface area contributed by atoms with Crippen LogP contribution in [0.2, 0.25) is 0 Å². The second-order valence-corrected chi connectivity index (χ2v) is 7.72. The van der Waals surface area contributed by atoms with Gasteiger partial charge < -0.3 is 11.1 Å². The van der Waals surface area contributed by atoms with Gasteiger partial charge in [-0.05, 0) is 43.8 Å². The number of hydrogen-bond acceptors (Lipinski definition) is 5. The third kappa shape index (κ3) is 5.36. The molecule has 144 valence electrons. The molecule has 0 aromatic heterocycles. The number of amides is 2. The van der Waals surface area contributed by atoms with Crippen LogP contribution in [0, 0.1) is 0 Å². The van der Waals surface area contributed by atoms with Gasteiger partial charge in [0.1, 0.15) is 0 Å². The number of benzene rings is 2. The van der Waals surface area contributed by atoms with Crippen LogP contribution in [0.25, 0.3) is 0 Å². The molecule has 0 radical (unpaired) electrons. The van der Waals surface area contributed by atoms with Crippen LogP contribution in [0.3, 0.4) is 0 Å². The zero-order valence-electron chi connectivity index (χ0n) is 15.0. The van der Waals surface area contributed by atoms with E-state index in [-0.39, 0.29) is 29.0 Å². The molecule has 2 aromatic carbocycles. The van der Waals surface area contributed by atoms with Crippen molar-refractivity contribution >= 4 is 27.5 Å². The Bertz CT molecular complexity index is 942. The molecule has 1 unspecified atom stereocenters. The summed E-state index contributed by atoms with van der Waals surface area (Å²) < 4.78 is 22.6. The summed E-state index contributed by atoms with van der Waals surface area (Å²) in [6.45, 7) is 1.95. The monoisotopic (exact) mass is 390 g/mol. The number of likely N-dealkylation sites (N-methyl/N-ethyl adjacent to an activating group) is 1. The molecule has 0 aliphatic heterocycles. The fourth-order valence-electron chi connectivity index (χ4n) is 2.55. The molecule has 0 saturated carbocycles. The third-order valence-corrected chi connectivity index (χ3v) is 5.14. The third-order valence-electron chi connectivity index (χ3n) is 4.21. The van der Waals surface area contributed by atoms with Gasteiger partial charge in [0.15, 0.2) is 0 Å². The number of sulfonamides is 1. The highest BCUT2D eigenvalue weighted by Gasteiger charge is 2.17. The molecule has 0 spiro atoms. The lowest BCUT2D eigenvalue weighted by atomic mass is 10.1. The van der Waals surface area contributed by atoms with E-state index in [0.29, 0.717) is 5.69 Å². The first-order valence-corrected chi connectivity index (χ1v) is 9.66. The smallest absolute Gasteiger partial charge is 0.250 e. The molecule has 2 rings (SSSR count). The summed E-state index contributed by atoms with van der Waals surface area (Å²) in [5.41, 5.74) is 6.73. The Morgan fingerprint density at radius 1 is 1.11 bits per heavy atom. The Hall–Kier alpha value is -2.75. The quantitative estimate of drug-likeness (QED) is 0.649. The first-order chi connectivity index (χ1) is 12.6. The topological polar surface area (TPSA) is 136 Å². The van der Waals surface area contributed by atoms with Crippen LogP contribution < -0.4 is 16.2 Å². The number of hydrogen-bond donors (Lipinski definition) is 3. The molecule has 27 heavy (non-hydrogen) atoms. The lowest BCUT2D eigenvalue weighted by molar-refractivity contribution is -0.117. The van der Waals surface area contributed by atoms with Gasteiger partial charge in [-0.3, -0.25) is 14.5 Å². The Morgan fingerprint density at radius 3 is 2.26 bits per heavy atom. The molecular weight excluding hydrogens is 368 g/mol. The molecule has 5 N–H and O–H groups in total. The van der Waals surface area contributed by atoms with E-state index in [4.69, 9.17) is 10.9 Å². The predicted molar refractivity (Wildman–Crippen MR) is 102 cm³/mol. The standard InChI is InChI=1S/C18H22N4O4S/c1-12(13-7-9-14(10-8-13)27(20,25)26)22(2)11-17(23)21-16-6-4-3-5-15(16)18(19)24/h3-10,12H,11H2,1-2H3,(H2,19,24)(H,21,23)(H2,20,25,26). The van der Waals surface area contributed by atoms with E-state index < -0.39 is 15.9 Å². The first kappa shape index (κ1) is 20.6. The van der Waals surface area contributed by atoms with Crippen molar-refractivity contribution in [1.29, 1.82) is 0 Å². The molecule has 9 heteroatoms. The molecule has 0 saturated heterocycles. The van der Waals surface area contributed by atoms with Crippen molar-refractivity contribution in [3.05, 3.63) is 59.7 Å². The molecule has 0 heterocycles. The van der Waals surface area contributed by atoms with Gasteiger partial charge in [0.05, 0.1) is 22.7 Å². The van der Waals surface area contributed by atoms with Crippen LogP contribution in [0.4, 0.5) is 5.69 Å². The number of primary amides is 1. The Labute approximate surface area is 158 Å². The molecule has 8 nitrogen and oxygen atoms in total. The molecule has 1 atom stereocenters. The van der Waals surface area contributed by atoms with Gasteiger partial charge in [0, 0.05) is 6.04 Å². The van der Waals surface area contributed by atoms with E-state index in [1.54, 1.807) is 42.3 Å². The second kappa shape index (κ2) is 8.30. The first-order valence-electron chi connectivity index (χ1n) is 8.11. The van der Waals surface area contributed by atoms with Crippen molar-refractivity contribution in [2.75, 3.05) is 18.9 Å². The van der Waals surface area contributed by atoms with E-state index in [1.807, 2.05) is 6.92 Å². The van der Waals surface area contributed by atoms with Crippen molar-refractivity contribution in [2.45, 2.75) is 17.9 Å². The molecule has 2 aromatic rings. The van der Waals surface area contributed by atoms with E-state index in [2.05, 4.69) is 5.32 Å². The summed E-state index contributed by atoms with van der Waals surface area (Å²) >= 11 is 0. The molecule has 2 amide bonds. The van der Waals surface area contributed by atoms with Crippen LogP contribution in [0.1, 0.15) is 28.9 Å². The number of primary sulfonamides is 1. The molecular formula is C18H22N4O4S. The Kier molecular flexibility index (Phi) is 6.32. The lowest BCUT2D eigenvalue weighted by Gasteiger charge is -2.24. The Morgan fingerprint density at radius 2 is 1.70 bits per heavy atom. The highest BCUT2D eigenvalue weighted by Crippen LogP contribution is 2.21. The molecule has 0 bridgehead atoms. The zero-order valence-corrected chi connectivity index (χ0v) is 15.9. The van der Waals surface area contributed by atoms with Crippen molar-refractivity contribution in [1.82, 2.24) is 4.90 Å². The van der Waals surface area contributed by atoms with Gasteiger partial charge in [-0.2, -0.15) is 0 Å². The number of nitrogens with two attached hydrogens (primary N) is 2. The largest absolute Gasteiger partial charge is 0.366 e. The van der Waals surface area contributed by atoms with Crippen LogP contribution in [-0.4, -0.2) is 38.7 Å². The average molecular weight is 390 g/mol. The number of rotatable bonds is 7. The minimum atomic E-state index is -3.75. The SMILES string of the molecule is CC(c1ccc(S(N)(=O)=O)cc1)N(C)CC(=O)Nc1ccccc1C(N)=O. The maximum atomic E-state index is 12.3. The average Bonchev–Trinajstić information content (AvgIpc) is 2.60. The normalized spacial score (nSPS) is 12.6. The van der Waals surface area contributed by atoms with E-state index in [9.17, 15) is 18.0 Å². The van der Waals surface area contributed by atoms with Gasteiger partial charge >= 0.3 is 0 Å². The van der Waals surface area contributed by atoms with Crippen LogP contribution >= 0.6 is 0 Å². The number of para-hydroxylation sites is 1. The molecule has 0 aliphatic rings. The number of nitrogens with one attached hydrogen (secondary N) is 1. The van der Waals surface area contributed by atoms with Gasteiger partial charge in [0.25, 0.3) is 5.91 Å². The van der Waals surface area contributed by atoms with Gasteiger partial charge in [-0.15, -0.1) is 0 Å². The van der Waals surface area contributed by atoms with Crippen LogP contribution in [-0.2, 0) is 14.8 Å². The Balaban J connectivity index is 2.05. The predicted octanol–water partition coefficient (Wildman–Crippen LogP) is 1.06. The van der Waals surface area contributed by atoms with Crippen LogP contribution in [0.5, 0.6) is 0 Å². The summed E-state index contributed by atoms with van der Waals surface area (Å²) in [4.78, 5) is 25.6. The van der Waals surface area contributed by atoms with Crippen molar-refractivity contribution in [3.63, 3.8) is 0 Å². The summed E-state index contributed by atoms with van der Waals surface area (Å²) in [6.07, 6.45) is 0. The van der Waals surface area contributed by atoms with Crippen molar-refractivity contribution < 1.29 is 18.0 Å². The zero-order chi connectivity index (χ0) is 20.2. The van der Waals surface area contributed by atoms with Gasteiger partial charge in [-0.1, -0.05) is 24.3 Å². The number of carbonyl (C=O) groups excluding carboxylic acids is 2. The van der Waals surface area contributed by atoms with Gasteiger partial charge in [-0.25, -0.2) is 13.6 Å². The number of nitrogens with zero attached hydrogens (tertiary/aromatic N) is 1. The summed E-state index contributed by atoms with van der Waals surface area (Å²) in [6, 6.07) is 12.5. The maximum absolute atomic E-state index is 12.3. The summed E-state index contributed by atoms with van der Waals surface area (Å²) in [5.74, 6) is -0.929. The molecule has 0 fully saturated rings. The minimum absolute atomic E-state index is 0.0295. The van der Waals surface area contributed by atoms with E-state index in [0.717, 1.165) is 5.56 Å². The van der Waals surface area contributed by atoms with E-state index >= 15 is 0 Å². The fourth-order valence-corrected chi connectivity index (χ4v) is 3.07. The number of anilines is 1. The highest BCUT2D eigenvalue weighted by molar-refractivity contribution is 7.89. The summed E-state index contributed by atoms with van der Waals surface area (Å²) in [7, 11) is -1.98.